The van der Waals surface area contributed by atoms with E-state index >= 15 is 0 Å². The van der Waals surface area contributed by atoms with Crippen LogP contribution < -0.4 is 15.7 Å². The van der Waals surface area contributed by atoms with E-state index in [0.29, 0.717) is 6.54 Å². The van der Waals surface area contributed by atoms with E-state index in [4.69, 9.17) is 0 Å². The Kier molecular flexibility index (Phi) is 4.33. The van der Waals surface area contributed by atoms with Crippen molar-refractivity contribution in [1.82, 2.24) is 10.6 Å². The first kappa shape index (κ1) is 13.1. The second-order valence-electron chi connectivity index (χ2n) is 4.82. The van der Waals surface area contributed by atoms with Gasteiger partial charge < -0.3 is 20.5 Å². The van der Waals surface area contributed by atoms with Gasteiger partial charge in [-0.15, -0.1) is 0 Å². The van der Waals surface area contributed by atoms with Crippen LogP contribution in [0.15, 0.2) is 30.3 Å². The summed E-state index contributed by atoms with van der Waals surface area (Å²) < 4.78 is 0. The minimum absolute atomic E-state index is 0.0218. The van der Waals surface area contributed by atoms with Gasteiger partial charge in [-0.2, -0.15) is 0 Å². The Morgan fingerprint density at radius 2 is 2.17 bits per heavy atom. The van der Waals surface area contributed by atoms with Crippen molar-refractivity contribution >= 4 is 5.97 Å². The fraction of sp³-hybridized carbons (Fsp3) is 0.500. The van der Waals surface area contributed by atoms with Crippen LogP contribution in [0.25, 0.3) is 0 Å². The van der Waals surface area contributed by atoms with Gasteiger partial charge in [0.15, 0.2) is 0 Å². The fourth-order valence-corrected chi connectivity index (χ4v) is 2.46. The first-order chi connectivity index (χ1) is 8.68. The Morgan fingerprint density at radius 1 is 1.44 bits per heavy atom. The molecule has 0 amide bonds. The average molecular weight is 247 g/mol. The van der Waals surface area contributed by atoms with Gasteiger partial charge in [0.25, 0.3) is 0 Å². The van der Waals surface area contributed by atoms with Crippen LogP contribution in [0.1, 0.15) is 24.9 Å². The molecule has 3 atom stereocenters. The second-order valence-corrected chi connectivity index (χ2v) is 4.82. The molecule has 1 aliphatic rings. The largest absolute Gasteiger partial charge is 0.550 e. The Balaban J connectivity index is 2.01. The maximum Gasteiger partial charge on any atom is 0.0473 e. The highest BCUT2D eigenvalue weighted by molar-refractivity contribution is 5.69. The summed E-state index contributed by atoms with van der Waals surface area (Å²) in [6, 6.07) is 10.2. The summed E-state index contributed by atoms with van der Waals surface area (Å²) >= 11 is 0. The van der Waals surface area contributed by atoms with Crippen LogP contribution in [-0.2, 0) is 4.79 Å². The zero-order chi connectivity index (χ0) is 13.0. The first-order valence-corrected chi connectivity index (χ1v) is 6.41. The molecule has 0 aliphatic carbocycles. The third kappa shape index (κ3) is 3.09. The molecule has 1 aromatic carbocycles. The summed E-state index contributed by atoms with van der Waals surface area (Å²) in [6.45, 7) is 3.40. The Labute approximate surface area is 107 Å². The third-order valence-corrected chi connectivity index (χ3v) is 3.55. The molecule has 1 fully saturated rings. The van der Waals surface area contributed by atoms with E-state index in [2.05, 4.69) is 17.6 Å². The van der Waals surface area contributed by atoms with Crippen LogP contribution in [0.4, 0.5) is 0 Å². The molecule has 0 saturated carbocycles. The zero-order valence-electron chi connectivity index (χ0n) is 10.6. The van der Waals surface area contributed by atoms with Crippen molar-refractivity contribution in [3.05, 3.63) is 35.9 Å². The van der Waals surface area contributed by atoms with E-state index in [1.807, 2.05) is 30.3 Å². The van der Waals surface area contributed by atoms with Crippen LogP contribution in [0, 0.1) is 5.92 Å². The predicted molar refractivity (Wildman–Crippen MR) is 67.8 cm³/mol. The standard InChI is InChI=1S/C14H20N2O2/c1-10(11-5-3-2-4-6-11)16-13-7-8-15-9-12(13)14(17)18/h2-6,10,12-13,15-16H,7-9H2,1H3,(H,17,18)/p-1. The quantitative estimate of drug-likeness (QED) is 0.790. The van der Waals surface area contributed by atoms with Crippen LogP contribution in [0.5, 0.6) is 0 Å². The summed E-state index contributed by atoms with van der Waals surface area (Å²) in [6.07, 6.45) is 0.815. The summed E-state index contributed by atoms with van der Waals surface area (Å²) in [5.74, 6) is -1.43. The van der Waals surface area contributed by atoms with Gasteiger partial charge in [0.1, 0.15) is 0 Å². The average Bonchev–Trinajstić information content (AvgIpc) is 2.40. The molecule has 3 unspecified atom stereocenters. The number of benzene rings is 1. The molecular weight excluding hydrogens is 228 g/mol. The number of hydrogen-bond donors (Lipinski definition) is 2. The van der Waals surface area contributed by atoms with Gasteiger partial charge in [-0.1, -0.05) is 30.3 Å². The molecule has 0 spiro atoms. The molecule has 0 radical (unpaired) electrons. The maximum atomic E-state index is 11.1. The number of carbonyl (C=O) groups excluding carboxylic acids is 1. The smallest absolute Gasteiger partial charge is 0.0473 e. The summed E-state index contributed by atoms with van der Waals surface area (Å²) in [7, 11) is 0. The highest BCUT2D eigenvalue weighted by atomic mass is 16.4. The molecule has 0 aromatic heterocycles. The number of carboxylic acid groups (broad SMARTS) is 1. The molecular formula is C14H19N2O2-. The van der Waals surface area contributed by atoms with Gasteiger partial charge in [-0.05, 0) is 25.5 Å². The predicted octanol–water partition coefficient (Wildman–Crippen LogP) is 0.0652. The Hall–Kier alpha value is -1.39. The molecule has 2 N–H and O–H groups in total. The SMILES string of the molecule is CC(NC1CCNCC1C(=O)[O-])c1ccccc1. The maximum absolute atomic E-state index is 11.1. The van der Waals surface area contributed by atoms with Crippen molar-refractivity contribution < 1.29 is 9.90 Å². The van der Waals surface area contributed by atoms with E-state index in [0.717, 1.165) is 13.0 Å². The lowest BCUT2D eigenvalue weighted by Gasteiger charge is -2.35. The van der Waals surface area contributed by atoms with Crippen LogP contribution in [-0.4, -0.2) is 25.1 Å². The van der Waals surface area contributed by atoms with Crippen LogP contribution >= 0.6 is 0 Å². The molecule has 0 bridgehead atoms. The molecule has 4 nitrogen and oxygen atoms in total. The van der Waals surface area contributed by atoms with E-state index < -0.39 is 11.9 Å². The van der Waals surface area contributed by atoms with E-state index in [1.165, 1.54) is 5.56 Å². The van der Waals surface area contributed by atoms with E-state index in [-0.39, 0.29) is 12.1 Å². The molecule has 2 rings (SSSR count). The third-order valence-electron chi connectivity index (χ3n) is 3.55. The Bertz CT molecular complexity index is 394. The topological polar surface area (TPSA) is 64.2 Å². The van der Waals surface area contributed by atoms with E-state index in [1.54, 1.807) is 0 Å². The van der Waals surface area contributed by atoms with Crippen molar-refractivity contribution in [3.8, 4) is 0 Å². The van der Waals surface area contributed by atoms with Crippen LogP contribution in [0.3, 0.4) is 0 Å². The normalized spacial score (nSPS) is 25.6. The van der Waals surface area contributed by atoms with Crippen LogP contribution in [0.2, 0.25) is 0 Å². The molecule has 1 saturated heterocycles. The number of hydrogen-bond acceptors (Lipinski definition) is 4. The van der Waals surface area contributed by atoms with Gasteiger partial charge in [0.05, 0.1) is 0 Å². The van der Waals surface area contributed by atoms with Gasteiger partial charge in [0.2, 0.25) is 0 Å². The second kappa shape index (κ2) is 5.98. The minimum atomic E-state index is -0.972. The zero-order valence-corrected chi connectivity index (χ0v) is 10.6. The van der Waals surface area contributed by atoms with Crippen molar-refractivity contribution in [1.29, 1.82) is 0 Å². The number of carboxylic acids is 1. The monoisotopic (exact) mass is 247 g/mol. The molecule has 1 heterocycles. The summed E-state index contributed by atoms with van der Waals surface area (Å²) in [5.41, 5.74) is 1.17. The molecule has 1 aliphatic heterocycles. The van der Waals surface area contributed by atoms with E-state index in [9.17, 15) is 9.90 Å². The van der Waals surface area contributed by atoms with Crippen molar-refractivity contribution in [3.63, 3.8) is 0 Å². The Morgan fingerprint density at radius 3 is 2.83 bits per heavy atom. The highest BCUT2D eigenvalue weighted by Gasteiger charge is 2.26. The molecule has 4 heteroatoms. The molecule has 18 heavy (non-hydrogen) atoms. The van der Waals surface area contributed by atoms with Gasteiger partial charge >= 0.3 is 0 Å². The number of carbonyl (C=O) groups is 1. The fourth-order valence-electron chi connectivity index (χ4n) is 2.46. The molecule has 1 aromatic rings. The lowest BCUT2D eigenvalue weighted by Crippen LogP contribution is -2.54. The van der Waals surface area contributed by atoms with Crippen molar-refractivity contribution in [2.24, 2.45) is 5.92 Å². The van der Waals surface area contributed by atoms with Crippen molar-refractivity contribution in [2.75, 3.05) is 13.1 Å². The summed E-state index contributed by atoms with van der Waals surface area (Å²) in [5, 5.41) is 17.6. The number of piperidine rings is 1. The lowest BCUT2D eigenvalue weighted by molar-refractivity contribution is -0.312. The lowest BCUT2D eigenvalue weighted by atomic mass is 9.92. The van der Waals surface area contributed by atoms with Gasteiger partial charge in [-0.25, -0.2) is 0 Å². The number of aliphatic carboxylic acids is 1. The minimum Gasteiger partial charge on any atom is -0.550 e. The molecule has 98 valence electrons. The highest BCUT2D eigenvalue weighted by Crippen LogP contribution is 2.17. The first-order valence-electron chi connectivity index (χ1n) is 6.41. The summed E-state index contributed by atoms with van der Waals surface area (Å²) in [4.78, 5) is 11.1. The number of rotatable bonds is 4. The van der Waals surface area contributed by atoms with Gasteiger partial charge in [0, 0.05) is 30.5 Å². The van der Waals surface area contributed by atoms with Crippen molar-refractivity contribution in [2.45, 2.75) is 25.4 Å². The van der Waals surface area contributed by atoms with Gasteiger partial charge in [-0.3, -0.25) is 0 Å². The number of nitrogens with one attached hydrogen (secondary N) is 2.